The molecule has 0 aromatic heterocycles. The molecule has 0 atom stereocenters. The van der Waals surface area contributed by atoms with Gasteiger partial charge in [0.15, 0.2) is 0 Å². The Kier molecular flexibility index (Phi) is 4.15. The zero-order chi connectivity index (χ0) is 13.1. The Labute approximate surface area is 122 Å². The molecule has 0 fully saturated rings. The van der Waals surface area contributed by atoms with Gasteiger partial charge < -0.3 is 0 Å². The molecular weight excluding hydrogens is 354 g/mol. The minimum absolute atomic E-state index is 0.680. The summed E-state index contributed by atoms with van der Waals surface area (Å²) in [5.74, 6) is 0. The first-order valence-electron chi connectivity index (χ1n) is 5.39. The molecule has 0 heterocycles. The molecule has 18 heavy (non-hydrogen) atoms. The molecular formula is C14H12N2Se2. The SMILES string of the molecule is NC(=[Se])c1ccccc1-c1ccccc1C(N)=[Se]. The maximum atomic E-state index is 5.89. The quantitative estimate of drug-likeness (QED) is 0.781. The zero-order valence-corrected chi connectivity index (χ0v) is 13.0. The van der Waals surface area contributed by atoms with E-state index < -0.39 is 0 Å². The van der Waals surface area contributed by atoms with Crippen LogP contribution in [0.5, 0.6) is 0 Å². The van der Waals surface area contributed by atoms with Gasteiger partial charge >= 0.3 is 122 Å². The van der Waals surface area contributed by atoms with Crippen molar-refractivity contribution in [2.45, 2.75) is 0 Å². The van der Waals surface area contributed by atoms with Gasteiger partial charge in [-0.3, -0.25) is 0 Å². The van der Waals surface area contributed by atoms with Crippen molar-refractivity contribution in [2.75, 3.05) is 0 Å². The summed E-state index contributed by atoms with van der Waals surface area (Å²) in [4.78, 5) is 0. The first-order chi connectivity index (χ1) is 8.61. The summed E-state index contributed by atoms with van der Waals surface area (Å²) in [6, 6.07) is 16.0. The molecule has 2 aromatic rings. The van der Waals surface area contributed by atoms with Crippen LogP contribution < -0.4 is 11.5 Å². The van der Waals surface area contributed by atoms with Gasteiger partial charge in [-0.25, -0.2) is 0 Å². The molecule has 0 saturated heterocycles. The molecule has 0 aliphatic rings. The summed E-state index contributed by atoms with van der Waals surface area (Å²) in [6.07, 6.45) is 0. The summed E-state index contributed by atoms with van der Waals surface area (Å²) in [5.41, 5.74) is 15.9. The van der Waals surface area contributed by atoms with Crippen molar-refractivity contribution in [2.24, 2.45) is 11.5 Å². The number of hydrogen-bond donors (Lipinski definition) is 2. The fraction of sp³-hybridized carbons (Fsp3) is 0. The summed E-state index contributed by atoms with van der Waals surface area (Å²) >= 11 is 5.73. The average Bonchev–Trinajstić information content (AvgIpc) is 2.38. The van der Waals surface area contributed by atoms with E-state index in [-0.39, 0.29) is 0 Å². The van der Waals surface area contributed by atoms with Crippen LogP contribution in [-0.4, -0.2) is 40.2 Å². The Morgan fingerprint density at radius 2 is 1.00 bits per heavy atom. The molecule has 2 aromatic carbocycles. The van der Waals surface area contributed by atoms with Crippen LogP contribution >= 0.6 is 0 Å². The second kappa shape index (κ2) is 5.64. The van der Waals surface area contributed by atoms with Crippen molar-refractivity contribution in [3.05, 3.63) is 59.7 Å². The fourth-order valence-electron chi connectivity index (χ4n) is 1.87. The molecule has 0 aliphatic heterocycles. The van der Waals surface area contributed by atoms with Crippen LogP contribution in [0.25, 0.3) is 11.1 Å². The topological polar surface area (TPSA) is 52.0 Å². The summed E-state index contributed by atoms with van der Waals surface area (Å²) < 4.78 is 1.36. The van der Waals surface area contributed by atoms with E-state index in [4.69, 9.17) is 11.5 Å². The standard InChI is InChI=1S/C14H12N2Se2/c15-13(17)11-7-3-1-5-9(11)10-6-2-4-8-12(10)14(16)18/h1-8H,(H2,15,17)(H2,16,18). The van der Waals surface area contributed by atoms with Crippen LogP contribution in [0, 0.1) is 0 Å². The van der Waals surface area contributed by atoms with Crippen molar-refractivity contribution in [3.8, 4) is 11.1 Å². The van der Waals surface area contributed by atoms with E-state index in [1.807, 2.05) is 48.5 Å². The van der Waals surface area contributed by atoms with Gasteiger partial charge in [0.2, 0.25) is 0 Å². The average molecular weight is 366 g/mol. The number of rotatable bonds is 3. The third kappa shape index (κ3) is 2.63. The van der Waals surface area contributed by atoms with Crippen LogP contribution in [0.2, 0.25) is 0 Å². The molecule has 4 N–H and O–H groups in total. The van der Waals surface area contributed by atoms with E-state index in [0.29, 0.717) is 9.08 Å². The van der Waals surface area contributed by atoms with Gasteiger partial charge in [0, 0.05) is 0 Å². The van der Waals surface area contributed by atoms with Gasteiger partial charge in [-0.2, -0.15) is 0 Å². The maximum absolute atomic E-state index is 5.89. The predicted octanol–water partition coefficient (Wildman–Crippen LogP) is 0.564. The van der Waals surface area contributed by atoms with E-state index in [1.165, 1.54) is 0 Å². The molecule has 0 aliphatic carbocycles. The molecule has 0 amide bonds. The van der Waals surface area contributed by atoms with Crippen molar-refractivity contribution in [1.29, 1.82) is 0 Å². The molecule has 0 bridgehead atoms. The Morgan fingerprint density at radius 1 is 0.667 bits per heavy atom. The van der Waals surface area contributed by atoms with E-state index >= 15 is 0 Å². The number of benzene rings is 2. The third-order valence-corrected chi connectivity index (χ3v) is 3.60. The second-order valence-corrected chi connectivity index (χ2v) is 5.67. The van der Waals surface area contributed by atoms with Crippen molar-refractivity contribution >= 4 is 40.2 Å². The van der Waals surface area contributed by atoms with Crippen LogP contribution in [0.3, 0.4) is 0 Å². The number of hydrogen-bond acceptors (Lipinski definition) is 2. The van der Waals surface area contributed by atoms with Gasteiger partial charge in [-0.15, -0.1) is 0 Å². The summed E-state index contributed by atoms with van der Waals surface area (Å²) in [7, 11) is 0. The second-order valence-electron chi connectivity index (χ2n) is 3.82. The van der Waals surface area contributed by atoms with Crippen LogP contribution in [0.15, 0.2) is 48.5 Å². The fourth-order valence-corrected chi connectivity index (χ4v) is 2.61. The molecule has 90 valence electrons. The van der Waals surface area contributed by atoms with Crippen LogP contribution in [0.1, 0.15) is 11.1 Å². The summed E-state index contributed by atoms with van der Waals surface area (Å²) in [5, 5.41) is 0. The minimum atomic E-state index is 0.680. The first kappa shape index (κ1) is 13.3. The molecule has 4 heteroatoms. The van der Waals surface area contributed by atoms with Crippen LogP contribution in [0.4, 0.5) is 0 Å². The number of nitrogens with two attached hydrogens (primary N) is 2. The van der Waals surface area contributed by atoms with Crippen molar-refractivity contribution in [3.63, 3.8) is 0 Å². The van der Waals surface area contributed by atoms with Gasteiger partial charge in [0.25, 0.3) is 0 Å². The van der Waals surface area contributed by atoms with Gasteiger partial charge in [-0.05, 0) is 0 Å². The molecule has 0 spiro atoms. The van der Waals surface area contributed by atoms with Gasteiger partial charge in [0.05, 0.1) is 0 Å². The van der Waals surface area contributed by atoms with E-state index in [9.17, 15) is 0 Å². The van der Waals surface area contributed by atoms with E-state index in [0.717, 1.165) is 22.3 Å². The van der Waals surface area contributed by atoms with Gasteiger partial charge in [0.1, 0.15) is 0 Å². The Balaban J connectivity index is 2.70. The molecule has 0 saturated carbocycles. The zero-order valence-electron chi connectivity index (χ0n) is 9.59. The third-order valence-electron chi connectivity index (χ3n) is 2.68. The first-order valence-corrected chi connectivity index (χ1v) is 7.10. The van der Waals surface area contributed by atoms with E-state index in [2.05, 4.69) is 31.2 Å². The Hall–Kier alpha value is -1.18. The molecule has 2 nitrogen and oxygen atoms in total. The molecule has 0 unspecified atom stereocenters. The van der Waals surface area contributed by atoms with Crippen molar-refractivity contribution in [1.82, 2.24) is 0 Å². The Morgan fingerprint density at radius 3 is 1.33 bits per heavy atom. The predicted molar refractivity (Wildman–Crippen MR) is 80.0 cm³/mol. The monoisotopic (exact) mass is 368 g/mol. The van der Waals surface area contributed by atoms with E-state index in [1.54, 1.807) is 0 Å². The Bertz CT molecular complexity index is 565. The van der Waals surface area contributed by atoms with Crippen molar-refractivity contribution < 1.29 is 0 Å². The molecule has 2 rings (SSSR count). The van der Waals surface area contributed by atoms with Gasteiger partial charge in [-0.1, -0.05) is 0 Å². The normalized spacial score (nSPS) is 10.0. The molecule has 0 radical (unpaired) electrons. The summed E-state index contributed by atoms with van der Waals surface area (Å²) in [6.45, 7) is 0. The van der Waals surface area contributed by atoms with Crippen LogP contribution in [-0.2, 0) is 0 Å².